The molecule has 0 saturated carbocycles. The number of aromatic carboxylic acids is 1. The number of rotatable bonds is 3. The van der Waals surface area contributed by atoms with Gasteiger partial charge < -0.3 is 9.52 Å². The summed E-state index contributed by atoms with van der Waals surface area (Å²) < 4.78 is 19.0. The van der Waals surface area contributed by atoms with E-state index in [1.807, 2.05) is 0 Å². The van der Waals surface area contributed by atoms with Crippen LogP contribution in [-0.4, -0.2) is 21.0 Å². The Bertz CT molecular complexity index is 847. The van der Waals surface area contributed by atoms with Crippen molar-refractivity contribution in [3.63, 3.8) is 0 Å². The molecular weight excluding hydrogens is 299 g/mol. The van der Waals surface area contributed by atoms with Gasteiger partial charge in [0.1, 0.15) is 11.3 Å². The van der Waals surface area contributed by atoms with E-state index in [-0.39, 0.29) is 23.6 Å². The summed E-state index contributed by atoms with van der Waals surface area (Å²) in [5.41, 5.74) is 0.810. The molecule has 0 amide bonds. The molecule has 0 bridgehead atoms. The zero-order valence-electron chi connectivity index (χ0n) is 10.5. The normalized spacial score (nSPS) is 11.0. The molecule has 7 heteroatoms. The average molecular weight is 307 g/mol. The summed E-state index contributed by atoms with van der Waals surface area (Å²) in [6.07, 6.45) is 2.67. The third kappa shape index (κ3) is 2.71. The van der Waals surface area contributed by atoms with Gasteiger partial charge in [-0.1, -0.05) is 11.6 Å². The Morgan fingerprint density at radius 3 is 2.81 bits per heavy atom. The van der Waals surface area contributed by atoms with E-state index >= 15 is 0 Å². The summed E-state index contributed by atoms with van der Waals surface area (Å²) in [5.74, 6) is -1.74. The van der Waals surface area contributed by atoms with Gasteiger partial charge in [0.2, 0.25) is 5.76 Å². The zero-order valence-corrected chi connectivity index (χ0v) is 11.3. The van der Waals surface area contributed by atoms with Gasteiger partial charge in [-0.05, 0) is 23.8 Å². The molecule has 2 heterocycles. The van der Waals surface area contributed by atoms with E-state index in [2.05, 4.69) is 9.97 Å². The van der Waals surface area contributed by atoms with Crippen LogP contribution in [0.4, 0.5) is 4.39 Å². The summed E-state index contributed by atoms with van der Waals surface area (Å²) in [5, 5.41) is 9.73. The van der Waals surface area contributed by atoms with Crippen molar-refractivity contribution in [2.24, 2.45) is 0 Å². The smallest absolute Gasteiger partial charge is 0.373 e. The maximum absolute atomic E-state index is 14.0. The van der Waals surface area contributed by atoms with Crippen molar-refractivity contribution in [3.05, 3.63) is 58.6 Å². The number of aromatic nitrogens is 2. The second-order valence-electron chi connectivity index (χ2n) is 4.40. The van der Waals surface area contributed by atoms with Gasteiger partial charge in [-0.3, -0.25) is 4.98 Å². The average Bonchev–Trinajstić information content (AvgIpc) is 2.86. The fraction of sp³-hybridized carbons (Fsp3) is 0.0714. The standard InChI is InChI=1S/C14H8ClFN2O3/c15-9-4-8-1-7(2-10(16)13(8)18-5-9)3-12-17-6-11(21-12)14(19)20/h1-2,4-6H,3H2,(H,19,20). The van der Waals surface area contributed by atoms with Gasteiger partial charge in [-0.2, -0.15) is 0 Å². The van der Waals surface area contributed by atoms with Crippen molar-refractivity contribution >= 4 is 28.5 Å². The summed E-state index contributed by atoms with van der Waals surface area (Å²) in [7, 11) is 0. The van der Waals surface area contributed by atoms with Crippen molar-refractivity contribution < 1.29 is 18.7 Å². The number of pyridine rings is 1. The molecule has 0 spiro atoms. The first-order chi connectivity index (χ1) is 10.0. The summed E-state index contributed by atoms with van der Waals surface area (Å²) in [4.78, 5) is 18.5. The van der Waals surface area contributed by atoms with Gasteiger partial charge in [0.05, 0.1) is 11.2 Å². The molecule has 0 aliphatic carbocycles. The van der Waals surface area contributed by atoms with Crippen molar-refractivity contribution in [1.82, 2.24) is 9.97 Å². The van der Waals surface area contributed by atoms with Crippen LogP contribution in [0.5, 0.6) is 0 Å². The largest absolute Gasteiger partial charge is 0.475 e. The lowest BCUT2D eigenvalue weighted by atomic mass is 10.1. The van der Waals surface area contributed by atoms with E-state index < -0.39 is 11.8 Å². The second kappa shape index (κ2) is 5.14. The number of carboxylic acids is 1. The minimum absolute atomic E-state index is 0.173. The molecule has 0 aliphatic rings. The number of hydrogen-bond acceptors (Lipinski definition) is 4. The predicted octanol–water partition coefficient (Wildman–Crippen LogP) is 3.30. The Labute approximate surface area is 123 Å². The van der Waals surface area contributed by atoms with Crippen LogP contribution in [-0.2, 0) is 6.42 Å². The maximum atomic E-state index is 14.0. The van der Waals surface area contributed by atoms with Crippen LogP contribution in [0.1, 0.15) is 22.0 Å². The fourth-order valence-electron chi connectivity index (χ4n) is 2.00. The lowest BCUT2D eigenvalue weighted by Crippen LogP contribution is -1.93. The monoisotopic (exact) mass is 306 g/mol. The third-order valence-corrected chi connectivity index (χ3v) is 3.09. The fourth-order valence-corrected chi connectivity index (χ4v) is 2.17. The Hall–Kier alpha value is -2.47. The molecule has 21 heavy (non-hydrogen) atoms. The first-order valence-electron chi connectivity index (χ1n) is 5.94. The number of halogens is 2. The highest BCUT2D eigenvalue weighted by atomic mass is 35.5. The van der Waals surface area contributed by atoms with Crippen molar-refractivity contribution in [3.8, 4) is 0 Å². The molecule has 3 aromatic rings. The van der Waals surface area contributed by atoms with E-state index in [0.717, 1.165) is 6.20 Å². The Morgan fingerprint density at radius 2 is 2.10 bits per heavy atom. The number of carboxylic acid groups (broad SMARTS) is 1. The van der Waals surface area contributed by atoms with Crippen LogP contribution >= 0.6 is 11.6 Å². The van der Waals surface area contributed by atoms with Crippen molar-refractivity contribution in [1.29, 1.82) is 0 Å². The zero-order chi connectivity index (χ0) is 15.0. The third-order valence-electron chi connectivity index (χ3n) is 2.88. The lowest BCUT2D eigenvalue weighted by Gasteiger charge is -2.03. The predicted molar refractivity (Wildman–Crippen MR) is 73.0 cm³/mol. The Kier molecular flexibility index (Phi) is 3.31. The van der Waals surface area contributed by atoms with Gasteiger partial charge in [-0.15, -0.1) is 0 Å². The number of nitrogens with zero attached hydrogens (tertiary/aromatic N) is 2. The molecular formula is C14H8ClFN2O3. The van der Waals surface area contributed by atoms with E-state index in [0.29, 0.717) is 16.0 Å². The highest BCUT2D eigenvalue weighted by molar-refractivity contribution is 6.31. The molecule has 0 fully saturated rings. The van der Waals surface area contributed by atoms with Crippen LogP contribution in [0.2, 0.25) is 5.02 Å². The molecule has 5 nitrogen and oxygen atoms in total. The minimum Gasteiger partial charge on any atom is -0.475 e. The van der Waals surface area contributed by atoms with Crippen molar-refractivity contribution in [2.75, 3.05) is 0 Å². The van der Waals surface area contributed by atoms with E-state index in [1.54, 1.807) is 12.1 Å². The van der Waals surface area contributed by atoms with Gasteiger partial charge in [0, 0.05) is 18.0 Å². The molecule has 2 aromatic heterocycles. The molecule has 0 unspecified atom stereocenters. The Morgan fingerprint density at radius 1 is 1.29 bits per heavy atom. The first-order valence-corrected chi connectivity index (χ1v) is 6.32. The number of hydrogen-bond donors (Lipinski definition) is 1. The summed E-state index contributed by atoms with van der Waals surface area (Å²) >= 11 is 5.84. The number of fused-ring (bicyclic) bond motifs is 1. The van der Waals surface area contributed by atoms with E-state index in [1.165, 1.54) is 12.3 Å². The van der Waals surface area contributed by atoms with Gasteiger partial charge in [-0.25, -0.2) is 14.2 Å². The highest BCUT2D eigenvalue weighted by Crippen LogP contribution is 2.22. The molecule has 1 N–H and O–H groups in total. The molecule has 3 rings (SSSR count). The molecule has 0 saturated heterocycles. The SMILES string of the molecule is O=C(O)c1cnc(Cc2cc(F)c3ncc(Cl)cc3c2)o1. The van der Waals surface area contributed by atoms with Crippen LogP contribution < -0.4 is 0 Å². The van der Waals surface area contributed by atoms with Crippen molar-refractivity contribution in [2.45, 2.75) is 6.42 Å². The number of carbonyl (C=O) groups is 1. The quantitative estimate of drug-likeness (QED) is 0.803. The van der Waals surface area contributed by atoms with Crippen LogP contribution in [0.15, 0.2) is 35.0 Å². The molecule has 106 valence electrons. The molecule has 0 atom stereocenters. The van der Waals surface area contributed by atoms with Gasteiger partial charge in [0.15, 0.2) is 5.89 Å². The van der Waals surface area contributed by atoms with E-state index in [9.17, 15) is 9.18 Å². The summed E-state index contributed by atoms with van der Waals surface area (Å²) in [6.45, 7) is 0. The minimum atomic E-state index is -1.20. The van der Waals surface area contributed by atoms with Crippen LogP contribution in [0.25, 0.3) is 10.9 Å². The number of benzene rings is 1. The second-order valence-corrected chi connectivity index (χ2v) is 4.84. The van der Waals surface area contributed by atoms with Gasteiger partial charge >= 0.3 is 5.97 Å². The topological polar surface area (TPSA) is 76.2 Å². The van der Waals surface area contributed by atoms with Gasteiger partial charge in [0.25, 0.3) is 0 Å². The molecule has 0 aliphatic heterocycles. The first kappa shape index (κ1) is 13.5. The highest BCUT2D eigenvalue weighted by Gasteiger charge is 2.12. The molecule has 1 aromatic carbocycles. The lowest BCUT2D eigenvalue weighted by molar-refractivity contribution is 0.0660. The number of oxazole rings is 1. The summed E-state index contributed by atoms with van der Waals surface area (Å²) in [6, 6.07) is 4.63. The van der Waals surface area contributed by atoms with E-state index in [4.69, 9.17) is 21.1 Å². The Balaban J connectivity index is 1.98. The van der Waals surface area contributed by atoms with Crippen LogP contribution in [0, 0.1) is 5.82 Å². The molecule has 0 radical (unpaired) electrons. The van der Waals surface area contributed by atoms with Crippen LogP contribution in [0.3, 0.4) is 0 Å². The maximum Gasteiger partial charge on any atom is 0.373 e.